The molecule has 0 aromatic heterocycles. The first-order valence-electron chi connectivity index (χ1n) is 5.60. The molecule has 0 heterocycles. The average molecular weight is 220 g/mol. The molecule has 3 heteroatoms. The van der Waals surface area contributed by atoms with Gasteiger partial charge in [0.05, 0.1) is 0 Å². The largest absolute Gasteiger partial charge is 0.344 e. The maximum absolute atomic E-state index is 12.2. The highest BCUT2D eigenvalue weighted by molar-refractivity contribution is 5.86. The van der Waals surface area contributed by atoms with E-state index in [1.807, 2.05) is 37.3 Å². The average Bonchev–Trinajstić information content (AvgIpc) is 2.29. The first kappa shape index (κ1) is 12.7. The molecule has 1 aromatic carbocycles. The van der Waals surface area contributed by atoms with Crippen LogP contribution in [0.15, 0.2) is 30.3 Å². The molecular weight excluding hydrogens is 200 g/mol. The van der Waals surface area contributed by atoms with Crippen LogP contribution in [-0.2, 0) is 10.3 Å². The van der Waals surface area contributed by atoms with Gasteiger partial charge in [-0.2, -0.15) is 0 Å². The topological polar surface area (TPSA) is 46.3 Å². The summed E-state index contributed by atoms with van der Waals surface area (Å²) in [5, 5.41) is 0. The van der Waals surface area contributed by atoms with E-state index in [1.165, 1.54) is 0 Å². The van der Waals surface area contributed by atoms with Gasteiger partial charge in [0.25, 0.3) is 0 Å². The Kier molecular flexibility index (Phi) is 4.07. The third-order valence-corrected chi connectivity index (χ3v) is 2.72. The van der Waals surface area contributed by atoms with Crippen LogP contribution in [0, 0.1) is 0 Å². The summed E-state index contributed by atoms with van der Waals surface area (Å²) in [6.45, 7) is 4.54. The van der Waals surface area contributed by atoms with Gasteiger partial charge in [-0.3, -0.25) is 4.79 Å². The van der Waals surface area contributed by atoms with E-state index in [0.29, 0.717) is 0 Å². The van der Waals surface area contributed by atoms with Gasteiger partial charge in [-0.25, -0.2) is 0 Å². The van der Waals surface area contributed by atoms with Gasteiger partial charge in [0.2, 0.25) is 5.91 Å². The van der Waals surface area contributed by atoms with Crippen molar-refractivity contribution < 1.29 is 4.79 Å². The molecule has 1 atom stereocenters. The number of nitrogens with zero attached hydrogens (tertiary/aromatic N) is 1. The maximum atomic E-state index is 12.2. The molecule has 16 heavy (non-hydrogen) atoms. The van der Waals surface area contributed by atoms with E-state index in [0.717, 1.165) is 18.5 Å². The van der Waals surface area contributed by atoms with Crippen molar-refractivity contribution in [1.82, 2.24) is 4.90 Å². The second kappa shape index (κ2) is 5.12. The second-order valence-corrected chi connectivity index (χ2v) is 4.30. The number of rotatable bonds is 4. The molecule has 0 bridgehead atoms. The van der Waals surface area contributed by atoms with E-state index in [4.69, 9.17) is 5.73 Å². The summed E-state index contributed by atoms with van der Waals surface area (Å²) in [5.74, 6) is -0.0412. The van der Waals surface area contributed by atoms with E-state index < -0.39 is 5.54 Å². The molecule has 0 saturated heterocycles. The minimum Gasteiger partial charge on any atom is -0.344 e. The maximum Gasteiger partial charge on any atom is 0.246 e. The van der Waals surface area contributed by atoms with Gasteiger partial charge in [0, 0.05) is 13.6 Å². The zero-order valence-corrected chi connectivity index (χ0v) is 10.2. The lowest BCUT2D eigenvalue weighted by molar-refractivity contribution is -0.135. The monoisotopic (exact) mass is 220 g/mol. The molecule has 0 aliphatic carbocycles. The summed E-state index contributed by atoms with van der Waals surface area (Å²) in [6, 6.07) is 9.48. The van der Waals surface area contributed by atoms with Crippen molar-refractivity contribution in [3.05, 3.63) is 35.9 Å². The molecule has 0 spiro atoms. The van der Waals surface area contributed by atoms with Crippen molar-refractivity contribution in [3.8, 4) is 0 Å². The molecule has 1 aromatic rings. The van der Waals surface area contributed by atoms with Crippen LogP contribution in [0.1, 0.15) is 25.8 Å². The molecular formula is C13H20N2O. The quantitative estimate of drug-likeness (QED) is 0.840. The predicted octanol–water partition coefficient (Wildman–Crippen LogP) is 1.73. The Morgan fingerprint density at radius 2 is 1.94 bits per heavy atom. The summed E-state index contributed by atoms with van der Waals surface area (Å²) in [4.78, 5) is 13.8. The highest BCUT2D eigenvalue weighted by Gasteiger charge is 2.32. The lowest BCUT2D eigenvalue weighted by Gasteiger charge is -2.29. The normalized spacial score (nSPS) is 14.2. The number of likely N-dealkylation sites (N-methyl/N-ethyl adjacent to an activating group) is 1. The predicted molar refractivity (Wildman–Crippen MR) is 65.9 cm³/mol. The minimum atomic E-state index is -0.939. The van der Waals surface area contributed by atoms with Crippen molar-refractivity contribution in [1.29, 1.82) is 0 Å². The first-order valence-corrected chi connectivity index (χ1v) is 5.60. The minimum absolute atomic E-state index is 0.0412. The van der Waals surface area contributed by atoms with Crippen molar-refractivity contribution in [2.45, 2.75) is 25.8 Å². The van der Waals surface area contributed by atoms with E-state index in [1.54, 1.807) is 18.9 Å². The number of carbonyl (C=O) groups is 1. The molecule has 0 fully saturated rings. The second-order valence-electron chi connectivity index (χ2n) is 4.30. The molecule has 0 saturated carbocycles. The molecule has 3 nitrogen and oxygen atoms in total. The van der Waals surface area contributed by atoms with Crippen LogP contribution in [-0.4, -0.2) is 24.4 Å². The van der Waals surface area contributed by atoms with Gasteiger partial charge in [0.1, 0.15) is 5.54 Å². The molecule has 1 rings (SSSR count). The summed E-state index contributed by atoms with van der Waals surface area (Å²) < 4.78 is 0. The van der Waals surface area contributed by atoms with Crippen LogP contribution < -0.4 is 5.73 Å². The lowest BCUT2D eigenvalue weighted by atomic mass is 9.92. The fraction of sp³-hybridized carbons (Fsp3) is 0.462. The number of amides is 1. The van der Waals surface area contributed by atoms with Gasteiger partial charge in [0.15, 0.2) is 0 Å². The number of benzene rings is 1. The van der Waals surface area contributed by atoms with E-state index >= 15 is 0 Å². The molecule has 1 amide bonds. The smallest absolute Gasteiger partial charge is 0.246 e. The van der Waals surface area contributed by atoms with Crippen molar-refractivity contribution >= 4 is 5.91 Å². The summed E-state index contributed by atoms with van der Waals surface area (Å²) >= 11 is 0. The van der Waals surface area contributed by atoms with E-state index in [9.17, 15) is 4.79 Å². The van der Waals surface area contributed by atoms with Crippen LogP contribution in [0.25, 0.3) is 0 Å². The Morgan fingerprint density at radius 3 is 2.44 bits per heavy atom. The summed E-state index contributed by atoms with van der Waals surface area (Å²) in [5.41, 5.74) is 6.03. The fourth-order valence-electron chi connectivity index (χ4n) is 1.74. The molecule has 2 N–H and O–H groups in total. The Morgan fingerprint density at radius 1 is 1.38 bits per heavy atom. The summed E-state index contributed by atoms with van der Waals surface area (Å²) in [7, 11) is 1.79. The van der Waals surface area contributed by atoms with Gasteiger partial charge in [-0.1, -0.05) is 37.3 Å². The van der Waals surface area contributed by atoms with E-state index in [2.05, 4.69) is 0 Å². The van der Waals surface area contributed by atoms with Crippen LogP contribution in [0.3, 0.4) is 0 Å². The van der Waals surface area contributed by atoms with Gasteiger partial charge in [-0.05, 0) is 18.9 Å². The van der Waals surface area contributed by atoms with Gasteiger partial charge < -0.3 is 10.6 Å². The molecule has 0 aliphatic heterocycles. The van der Waals surface area contributed by atoms with Crippen LogP contribution in [0.2, 0.25) is 0 Å². The van der Waals surface area contributed by atoms with Crippen LogP contribution in [0.5, 0.6) is 0 Å². The number of carbonyl (C=O) groups excluding carboxylic acids is 1. The van der Waals surface area contributed by atoms with Crippen molar-refractivity contribution in [3.63, 3.8) is 0 Å². The lowest BCUT2D eigenvalue weighted by Crippen LogP contribution is -2.49. The van der Waals surface area contributed by atoms with E-state index in [-0.39, 0.29) is 5.91 Å². The van der Waals surface area contributed by atoms with Gasteiger partial charge >= 0.3 is 0 Å². The fourth-order valence-corrected chi connectivity index (χ4v) is 1.74. The number of hydrogen-bond donors (Lipinski definition) is 1. The first-order chi connectivity index (χ1) is 7.50. The molecule has 0 unspecified atom stereocenters. The molecule has 0 radical (unpaired) electrons. The molecule has 0 aliphatic rings. The van der Waals surface area contributed by atoms with Crippen molar-refractivity contribution in [2.75, 3.05) is 13.6 Å². The van der Waals surface area contributed by atoms with Crippen molar-refractivity contribution in [2.24, 2.45) is 5.73 Å². The zero-order chi connectivity index (χ0) is 12.2. The third-order valence-electron chi connectivity index (χ3n) is 2.72. The third kappa shape index (κ3) is 2.61. The van der Waals surface area contributed by atoms with Crippen LogP contribution >= 0.6 is 0 Å². The highest BCUT2D eigenvalue weighted by Crippen LogP contribution is 2.19. The van der Waals surface area contributed by atoms with Gasteiger partial charge in [-0.15, -0.1) is 0 Å². The Labute approximate surface area is 97.2 Å². The Hall–Kier alpha value is -1.35. The Balaban J connectivity index is 2.89. The molecule has 88 valence electrons. The zero-order valence-electron chi connectivity index (χ0n) is 10.2. The highest BCUT2D eigenvalue weighted by atomic mass is 16.2. The van der Waals surface area contributed by atoms with Crippen LogP contribution in [0.4, 0.5) is 0 Å². The SMILES string of the molecule is CCCN(C)C(=O)[C@](C)(N)c1ccccc1. The Bertz CT molecular complexity index is 346. The standard InChI is InChI=1S/C13H20N2O/c1-4-10-15(3)12(16)13(2,14)11-8-6-5-7-9-11/h5-9H,4,10,14H2,1-3H3/t13-/m1/s1. The summed E-state index contributed by atoms with van der Waals surface area (Å²) in [6.07, 6.45) is 0.938. The number of nitrogens with two attached hydrogens (primary N) is 1. The number of hydrogen-bond acceptors (Lipinski definition) is 2.